The first kappa shape index (κ1) is 15.5. The van der Waals surface area contributed by atoms with Gasteiger partial charge < -0.3 is 17.3 Å². The highest BCUT2D eigenvalue weighted by molar-refractivity contribution is 7.16. The van der Waals surface area contributed by atoms with E-state index in [-0.39, 0.29) is 17.3 Å². The topological polar surface area (TPSA) is 26.4 Å². The van der Waals surface area contributed by atoms with Gasteiger partial charge in [-0.25, -0.2) is 0 Å². The molecule has 0 unspecified atom stereocenters. The van der Waals surface area contributed by atoms with E-state index in [1.807, 2.05) is 22.8 Å². The van der Waals surface area contributed by atoms with Crippen LogP contribution >= 0.6 is 22.9 Å². The number of quaternary nitrogens is 1. The number of rotatable bonds is 4. The van der Waals surface area contributed by atoms with Gasteiger partial charge in [0, 0.05) is 18.0 Å². The van der Waals surface area contributed by atoms with E-state index in [2.05, 4.69) is 14.1 Å². The Balaban J connectivity index is 0.00000162. The first-order valence-electron chi connectivity index (χ1n) is 5.66. The Bertz CT molecular complexity index is 577. The molecular formula is C12H16Cl2N2OS. The van der Waals surface area contributed by atoms with E-state index in [0.29, 0.717) is 5.02 Å². The molecule has 0 bridgehead atoms. The molecule has 1 heterocycles. The molecule has 0 atom stereocenters. The van der Waals surface area contributed by atoms with Crippen LogP contribution in [0.1, 0.15) is 6.42 Å². The number of hydrogen-bond donors (Lipinski definition) is 1. The van der Waals surface area contributed by atoms with Crippen LogP contribution in [0.3, 0.4) is 0 Å². The molecule has 0 aliphatic rings. The van der Waals surface area contributed by atoms with Crippen molar-refractivity contribution < 1.29 is 17.3 Å². The summed E-state index contributed by atoms with van der Waals surface area (Å²) in [6.07, 6.45) is 1.00. The molecule has 1 aromatic heterocycles. The molecule has 6 heteroatoms. The third kappa shape index (κ3) is 3.48. The number of nitrogens with one attached hydrogen (secondary N) is 1. The van der Waals surface area contributed by atoms with Crippen LogP contribution in [0.2, 0.25) is 5.02 Å². The summed E-state index contributed by atoms with van der Waals surface area (Å²) < 4.78 is 2.84. The number of benzene rings is 1. The fourth-order valence-corrected chi connectivity index (χ4v) is 2.90. The van der Waals surface area contributed by atoms with Crippen LogP contribution in [-0.2, 0) is 6.54 Å². The minimum atomic E-state index is 0. The number of thiazole rings is 1. The number of aryl methyl sites for hydroxylation is 1. The van der Waals surface area contributed by atoms with Gasteiger partial charge in [0.2, 0.25) is 0 Å². The zero-order valence-electron chi connectivity index (χ0n) is 10.4. The second-order valence-electron chi connectivity index (χ2n) is 4.44. The van der Waals surface area contributed by atoms with Crippen LogP contribution in [-0.4, -0.2) is 25.2 Å². The van der Waals surface area contributed by atoms with Crippen molar-refractivity contribution in [3.8, 4) is 0 Å². The van der Waals surface area contributed by atoms with Crippen molar-refractivity contribution in [1.82, 2.24) is 4.57 Å². The fourth-order valence-electron chi connectivity index (χ4n) is 1.84. The molecule has 0 aliphatic carbocycles. The van der Waals surface area contributed by atoms with E-state index in [1.54, 1.807) is 0 Å². The first-order chi connectivity index (χ1) is 8.08. The fraction of sp³-hybridized carbons (Fsp3) is 0.417. The van der Waals surface area contributed by atoms with Crippen LogP contribution in [0.5, 0.6) is 0 Å². The summed E-state index contributed by atoms with van der Waals surface area (Å²) in [5, 5.41) is 0.683. The van der Waals surface area contributed by atoms with Gasteiger partial charge in [0.1, 0.15) is 0 Å². The van der Waals surface area contributed by atoms with Gasteiger partial charge in [0.05, 0.1) is 30.9 Å². The summed E-state index contributed by atoms with van der Waals surface area (Å²) in [5.41, 5.74) is 0.959. The van der Waals surface area contributed by atoms with Gasteiger partial charge in [0.25, 0.3) is 0 Å². The van der Waals surface area contributed by atoms with Crippen LogP contribution < -0.4 is 22.2 Å². The highest BCUT2D eigenvalue weighted by Gasteiger charge is 2.08. The molecule has 2 rings (SSSR count). The SMILES string of the molecule is C[NH+](C)CCCn1c(=O)sc2ccc(Cl)cc21.[Cl-]. The third-order valence-electron chi connectivity index (χ3n) is 2.69. The quantitative estimate of drug-likeness (QED) is 0.713. The van der Waals surface area contributed by atoms with Gasteiger partial charge >= 0.3 is 4.87 Å². The van der Waals surface area contributed by atoms with Crippen molar-refractivity contribution in [2.75, 3.05) is 20.6 Å². The molecule has 2 aromatic rings. The minimum absolute atomic E-state index is 0. The van der Waals surface area contributed by atoms with Gasteiger partial charge in [-0.05, 0) is 18.2 Å². The van der Waals surface area contributed by atoms with E-state index < -0.39 is 0 Å². The Morgan fingerprint density at radius 3 is 2.78 bits per heavy atom. The molecule has 100 valence electrons. The normalized spacial score (nSPS) is 10.9. The number of fused-ring (bicyclic) bond motifs is 1. The lowest BCUT2D eigenvalue weighted by molar-refractivity contribution is -0.858. The summed E-state index contributed by atoms with van der Waals surface area (Å²) >= 11 is 7.26. The van der Waals surface area contributed by atoms with E-state index in [4.69, 9.17) is 11.6 Å². The van der Waals surface area contributed by atoms with Gasteiger partial charge in [0.15, 0.2) is 0 Å². The Morgan fingerprint density at radius 1 is 1.39 bits per heavy atom. The Labute approximate surface area is 121 Å². The smallest absolute Gasteiger partial charge is 0.308 e. The maximum absolute atomic E-state index is 11.9. The van der Waals surface area contributed by atoms with Crippen molar-refractivity contribution in [1.29, 1.82) is 0 Å². The van der Waals surface area contributed by atoms with Crippen molar-refractivity contribution in [3.63, 3.8) is 0 Å². The highest BCUT2D eigenvalue weighted by Crippen LogP contribution is 2.21. The first-order valence-corrected chi connectivity index (χ1v) is 6.85. The molecule has 0 aliphatic heterocycles. The van der Waals surface area contributed by atoms with Crippen LogP contribution in [0.25, 0.3) is 10.2 Å². The molecule has 18 heavy (non-hydrogen) atoms. The molecule has 0 saturated carbocycles. The van der Waals surface area contributed by atoms with Gasteiger partial charge in [-0.1, -0.05) is 22.9 Å². The lowest BCUT2D eigenvalue weighted by Gasteiger charge is -2.07. The monoisotopic (exact) mass is 306 g/mol. The van der Waals surface area contributed by atoms with E-state index in [0.717, 1.165) is 29.7 Å². The van der Waals surface area contributed by atoms with Crippen molar-refractivity contribution >= 4 is 33.2 Å². The second-order valence-corrected chi connectivity index (χ2v) is 5.87. The van der Waals surface area contributed by atoms with Gasteiger partial charge in [-0.3, -0.25) is 9.36 Å². The molecule has 0 radical (unpaired) electrons. The molecule has 0 spiro atoms. The Hall–Kier alpha value is -0.550. The average Bonchev–Trinajstić information content (AvgIpc) is 2.55. The maximum atomic E-state index is 11.9. The number of halogens is 2. The van der Waals surface area contributed by atoms with Crippen molar-refractivity contribution in [3.05, 3.63) is 32.9 Å². The molecule has 3 nitrogen and oxygen atoms in total. The van der Waals surface area contributed by atoms with Crippen LogP contribution in [0.4, 0.5) is 0 Å². The highest BCUT2D eigenvalue weighted by atomic mass is 35.5. The molecule has 0 fully saturated rings. The Kier molecular flexibility index (Phi) is 5.66. The van der Waals surface area contributed by atoms with Gasteiger partial charge in [-0.15, -0.1) is 0 Å². The molecule has 0 amide bonds. The zero-order valence-corrected chi connectivity index (χ0v) is 12.7. The molecule has 1 aromatic carbocycles. The van der Waals surface area contributed by atoms with Crippen LogP contribution in [0.15, 0.2) is 23.0 Å². The summed E-state index contributed by atoms with van der Waals surface area (Å²) in [5.74, 6) is 0. The predicted octanol–water partition coefficient (Wildman–Crippen LogP) is -1.74. The zero-order chi connectivity index (χ0) is 12.4. The van der Waals surface area contributed by atoms with E-state index in [1.165, 1.54) is 16.2 Å². The van der Waals surface area contributed by atoms with E-state index in [9.17, 15) is 4.79 Å². The van der Waals surface area contributed by atoms with E-state index >= 15 is 0 Å². The maximum Gasteiger partial charge on any atom is 0.308 e. The lowest BCUT2D eigenvalue weighted by Crippen LogP contribution is -3.05. The summed E-state index contributed by atoms with van der Waals surface area (Å²) in [7, 11) is 4.23. The standard InChI is InChI=1S/C12H15ClN2OS.ClH/c1-14(2)6-3-7-15-10-8-9(13)4-5-11(10)17-12(15)16;/h4-5,8H,3,6-7H2,1-2H3;1H. The van der Waals surface area contributed by atoms with Gasteiger partial charge in [-0.2, -0.15) is 0 Å². The number of hydrogen-bond acceptors (Lipinski definition) is 2. The largest absolute Gasteiger partial charge is 1.00 e. The molecule has 0 saturated heterocycles. The third-order valence-corrected chi connectivity index (χ3v) is 3.88. The average molecular weight is 307 g/mol. The van der Waals surface area contributed by atoms with Crippen molar-refractivity contribution in [2.45, 2.75) is 13.0 Å². The number of nitrogens with zero attached hydrogens (tertiary/aromatic N) is 1. The predicted molar refractivity (Wildman–Crippen MR) is 73.4 cm³/mol. The minimum Gasteiger partial charge on any atom is -1.00 e. The molecule has 1 N–H and O–H groups in total. The lowest BCUT2D eigenvalue weighted by atomic mass is 10.3. The summed E-state index contributed by atoms with van der Waals surface area (Å²) in [6.45, 7) is 1.83. The van der Waals surface area contributed by atoms with Crippen LogP contribution in [0, 0.1) is 0 Å². The second kappa shape index (κ2) is 6.57. The Morgan fingerprint density at radius 2 is 2.11 bits per heavy atom. The molecular weight excluding hydrogens is 291 g/mol. The number of aromatic nitrogens is 1. The van der Waals surface area contributed by atoms with Crippen molar-refractivity contribution in [2.24, 2.45) is 0 Å². The summed E-state index contributed by atoms with van der Waals surface area (Å²) in [6, 6.07) is 5.61. The summed E-state index contributed by atoms with van der Waals surface area (Å²) in [4.78, 5) is 13.4.